The summed E-state index contributed by atoms with van der Waals surface area (Å²) in [4.78, 5) is 4.40. The van der Waals surface area contributed by atoms with Gasteiger partial charge in [-0.15, -0.1) is 0 Å². The van der Waals surface area contributed by atoms with E-state index >= 15 is 0 Å². The highest BCUT2D eigenvalue weighted by Gasteiger charge is 2.14. The van der Waals surface area contributed by atoms with Crippen molar-refractivity contribution in [3.8, 4) is 0 Å². The van der Waals surface area contributed by atoms with Crippen molar-refractivity contribution in [2.45, 2.75) is 38.8 Å². The fraction of sp³-hybridized carbons (Fsp3) is 0.643. The third-order valence-electron chi connectivity index (χ3n) is 3.35. The monoisotopic (exact) mass is 234 g/mol. The van der Waals surface area contributed by atoms with Gasteiger partial charge in [0.15, 0.2) is 0 Å². The number of ether oxygens (including phenoxy) is 1. The Morgan fingerprint density at radius 1 is 1.35 bits per heavy atom. The minimum absolute atomic E-state index is 0.649. The lowest BCUT2D eigenvalue weighted by Crippen LogP contribution is -2.07. The van der Waals surface area contributed by atoms with Crippen LogP contribution in [-0.2, 0) is 17.9 Å². The zero-order chi connectivity index (χ0) is 11.9. The molecule has 0 atom stereocenters. The van der Waals surface area contributed by atoms with Crippen LogP contribution in [0.4, 0.5) is 0 Å². The van der Waals surface area contributed by atoms with Crippen LogP contribution in [0.1, 0.15) is 36.9 Å². The molecule has 17 heavy (non-hydrogen) atoms. The summed E-state index contributed by atoms with van der Waals surface area (Å²) in [6, 6.07) is 4.17. The molecule has 1 fully saturated rings. The van der Waals surface area contributed by atoms with Crippen molar-refractivity contribution in [1.29, 1.82) is 0 Å². The molecule has 0 amide bonds. The summed E-state index contributed by atoms with van der Waals surface area (Å²) in [5.41, 5.74) is 2.25. The van der Waals surface area contributed by atoms with Gasteiger partial charge in [-0.2, -0.15) is 0 Å². The summed E-state index contributed by atoms with van der Waals surface area (Å²) in [6.07, 6.45) is 7.36. The van der Waals surface area contributed by atoms with Crippen molar-refractivity contribution >= 4 is 0 Å². The standard InChI is InChI=1S/C14H22N2O/c1-15-8-13-6-7-14(16-9-13)11-17-10-12-4-2-3-5-12/h6-7,9,12,15H,2-5,8,10-11H2,1H3. The van der Waals surface area contributed by atoms with Crippen LogP contribution in [-0.4, -0.2) is 18.6 Å². The highest BCUT2D eigenvalue weighted by molar-refractivity contribution is 5.13. The molecule has 0 bridgehead atoms. The van der Waals surface area contributed by atoms with Gasteiger partial charge < -0.3 is 10.1 Å². The van der Waals surface area contributed by atoms with E-state index in [9.17, 15) is 0 Å². The molecule has 0 saturated heterocycles. The van der Waals surface area contributed by atoms with Gasteiger partial charge in [-0.1, -0.05) is 18.9 Å². The molecule has 0 aliphatic heterocycles. The molecule has 2 rings (SSSR count). The second kappa shape index (κ2) is 6.72. The normalized spacial score (nSPS) is 16.5. The van der Waals surface area contributed by atoms with E-state index in [1.165, 1.54) is 31.2 Å². The quantitative estimate of drug-likeness (QED) is 0.821. The summed E-state index contributed by atoms with van der Waals surface area (Å²) in [6.45, 7) is 2.42. The van der Waals surface area contributed by atoms with Crippen LogP contribution in [0, 0.1) is 5.92 Å². The molecular weight excluding hydrogens is 212 g/mol. The Labute approximate surface area is 104 Å². The van der Waals surface area contributed by atoms with E-state index in [4.69, 9.17) is 4.74 Å². The topological polar surface area (TPSA) is 34.1 Å². The average molecular weight is 234 g/mol. The van der Waals surface area contributed by atoms with Crippen LogP contribution >= 0.6 is 0 Å². The van der Waals surface area contributed by atoms with Gasteiger partial charge in [0.25, 0.3) is 0 Å². The van der Waals surface area contributed by atoms with Crippen molar-refractivity contribution < 1.29 is 4.74 Å². The molecule has 1 heterocycles. The van der Waals surface area contributed by atoms with Crippen LogP contribution in [0.2, 0.25) is 0 Å². The van der Waals surface area contributed by atoms with Gasteiger partial charge in [0.1, 0.15) is 0 Å². The van der Waals surface area contributed by atoms with Gasteiger partial charge in [-0.05, 0) is 37.4 Å². The van der Waals surface area contributed by atoms with E-state index in [0.29, 0.717) is 6.61 Å². The molecule has 0 unspecified atom stereocenters. The van der Waals surface area contributed by atoms with E-state index < -0.39 is 0 Å². The Bertz CT molecular complexity index is 317. The molecule has 1 N–H and O–H groups in total. The zero-order valence-corrected chi connectivity index (χ0v) is 10.6. The molecule has 94 valence electrons. The summed E-state index contributed by atoms with van der Waals surface area (Å²) in [5.74, 6) is 0.790. The average Bonchev–Trinajstić information content (AvgIpc) is 2.85. The number of hydrogen-bond donors (Lipinski definition) is 1. The third kappa shape index (κ3) is 4.10. The van der Waals surface area contributed by atoms with Crippen molar-refractivity contribution in [3.63, 3.8) is 0 Å². The second-order valence-electron chi connectivity index (χ2n) is 4.85. The highest BCUT2D eigenvalue weighted by Crippen LogP contribution is 2.24. The molecule has 0 spiro atoms. The van der Waals surface area contributed by atoms with E-state index in [0.717, 1.165) is 24.8 Å². The molecule has 3 nitrogen and oxygen atoms in total. The lowest BCUT2D eigenvalue weighted by Gasteiger charge is -2.09. The third-order valence-corrected chi connectivity index (χ3v) is 3.35. The lowest BCUT2D eigenvalue weighted by molar-refractivity contribution is 0.0867. The fourth-order valence-corrected chi connectivity index (χ4v) is 2.36. The molecule has 1 aliphatic rings. The molecule has 0 radical (unpaired) electrons. The first-order chi connectivity index (χ1) is 8.38. The van der Waals surface area contributed by atoms with Crippen molar-refractivity contribution in [2.24, 2.45) is 5.92 Å². The zero-order valence-electron chi connectivity index (χ0n) is 10.6. The first-order valence-corrected chi connectivity index (χ1v) is 6.54. The number of nitrogens with zero attached hydrogens (tertiary/aromatic N) is 1. The molecule has 1 aliphatic carbocycles. The number of aromatic nitrogens is 1. The van der Waals surface area contributed by atoms with Crippen LogP contribution < -0.4 is 5.32 Å². The van der Waals surface area contributed by atoms with E-state index in [1.807, 2.05) is 13.2 Å². The molecular formula is C14H22N2O. The van der Waals surface area contributed by atoms with Gasteiger partial charge in [0.2, 0.25) is 0 Å². The maximum Gasteiger partial charge on any atom is 0.0887 e. The Balaban J connectivity index is 1.70. The van der Waals surface area contributed by atoms with Gasteiger partial charge in [-0.3, -0.25) is 4.98 Å². The molecule has 3 heteroatoms. The van der Waals surface area contributed by atoms with Crippen LogP contribution in [0.3, 0.4) is 0 Å². The van der Waals surface area contributed by atoms with Crippen molar-refractivity contribution in [3.05, 3.63) is 29.6 Å². The Kier molecular flexibility index (Phi) is 4.95. The molecule has 0 aromatic carbocycles. The summed E-state index contributed by atoms with van der Waals surface area (Å²) in [7, 11) is 1.94. The number of hydrogen-bond acceptors (Lipinski definition) is 3. The van der Waals surface area contributed by atoms with Crippen molar-refractivity contribution in [1.82, 2.24) is 10.3 Å². The Morgan fingerprint density at radius 2 is 2.18 bits per heavy atom. The largest absolute Gasteiger partial charge is 0.375 e. The summed E-state index contributed by atoms with van der Waals surface area (Å²) >= 11 is 0. The fourth-order valence-electron chi connectivity index (χ4n) is 2.36. The number of nitrogens with one attached hydrogen (secondary N) is 1. The number of pyridine rings is 1. The van der Waals surface area contributed by atoms with Gasteiger partial charge in [0.05, 0.1) is 12.3 Å². The minimum atomic E-state index is 0.649. The first-order valence-electron chi connectivity index (χ1n) is 6.54. The SMILES string of the molecule is CNCc1ccc(COCC2CCCC2)nc1. The van der Waals surface area contributed by atoms with E-state index in [1.54, 1.807) is 0 Å². The number of rotatable bonds is 6. The Hall–Kier alpha value is -0.930. The highest BCUT2D eigenvalue weighted by atomic mass is 16.5. The molecule has 1 saturated carbocycles. The predicted molar refractivity (Wildman–Crippen MR) is 68.6 cm³/mol. The molecule has 1 aromatic heterocycles. The van der Waals surface area contributed by atoms with E-state index in [-0.39, 0.29) is 0 Å². The second-order valence-corrected chi connectivity index (χ2v) is 4.85. The maximum atomic E-state index is 5.73. The summed E-state index contributed by atoms with van der Waals surface area (Å²) < 4.78 is 5.73. The Morgan fingerprint density at radius 3 is 2.82 bits per heavy atom. The minimum Gasteiger partial charge on any atom is -0.375 e. The van der Waals surface area contributed by atoms with E-state index in [2.05, 4.69) is 22.4 Å². The van der Waals surface area contributed by atoms with Crippen LogP contribution in [0.5, 0.6) is 0 Å². The van der Waals surface area contributed by atoms with Gasteiger partial charge in [0, 0.05) is 19.3 Å². The van der Waals surface area contributed by atoms with Crippen molar-refractivity contribution in [2.75, 3.05) is 13.7 Å². The smallest absolute Gasteiger partial charge is 0.0887 e. The van der Waals surface area contributed by atoms with Gasteiger partial charge in [-0.25, -0.2) is 0 Å². The predicted octanol–water partition coefficient (Wildman–Crippen LogP) is 2.51. The first kappa shape index (κ1) is 12.5. The van der Waals surface area contributed by atoms with Gasteiger partial charge >= 0.3 is 0 Å². The maximum absolute atomic E-state index is 5.73. The van der Waals surface area contributed by atoms with Crippen LogP contribution in [0.15, 0.2) is 18.3 Å². The summed E-state index contributed by atoms with van der Waals surface area (Å²) in [5, 5.41) is 3.11. The lowest BCUT2D eigenvalue weighted by atomic mass is 10.1. The van der Waals surface area contributed by atoms with Crippen LogP contribution in [0.25, 0.3) is 0 Å². The molecule has 1 aromatic rings.